The first-order valence-corrected chi connectivity index (χ1v) is 11.1. The molecule has 0 saturated carbocycles. The zero-order chi connectivity index (χ0) is 21.6. The lowest BCUT2D eigenvalue weighted by Gasteiger charge is -2.43. The molecule has 0 aliphatic carbocycles. The van der Waals surface area contributed by atoms with Crippen LogP contribution in [-0.2, 0) is 11.2 Å². The molecule has 0 amide bonds. The van der Waals surface area contributed by atoms with E-state index in [0.717, 1.165) is 37.4 Å². The Kier molecular flexibility index (Phi) is 6.34. The van der Waals surface area contributed by atoms with E-state index in [4.69, 9.17) is 9.47 Å². The SMILES string of the molecule is BC(B)(B)Oc1cc2c(cc1OC(B)(B)B)[C@H]1CC(=O)[C@H](CC(C)C)CN1CC2. The topological polar surface area (TPSA) is 38.8 Å². The number of hydrogen-bond acceptors (Lipinski definition) is 4. The van der Waals surface area contributed by atoms with Crippen molar-refractivity contribution in [3.8, 4) is 11.5 Å². The van der Waals surface area contributed by atoms with Gasteiger partial charge in [-0.3, -0.25) is 9.69 Å². The van der Waals surface area contributed by atoms with E-state index in [2.05, 4.69) is 78.0 Å². The number of ketones is 1. The smallest absolute Gasteiger partial charge is 0.159 e. The van der Waals surface area contributed by atoms with Crippen molar-refractivity contribution in [2.45, 2.75) is 49.7 Å². The van der Waals surface area contributed by atoms with E-state index in [0.29, 0.717) is 18.1 Å². The molecule has 2 aliphatic rings. The Balaban J connectivity index is 1.95. The Labute approximate surface area is 181 Å². The molecule has 2 atom stereocenters. The monoisotopic (exact) mass is 389 g/mol. The normalized spacial score (nSPS) is 22.8. The highest BCUT2D eigenvalue weighted by molar-refractivity contribution is 6.59. The molecule has 0 spiro atoms. The van der Waals surface area contributed by atoms with Crippen LogP contribution in [0.5, 0.6) is 11.5 Å². The summed E-state index contributed by atoms with van der Waals surface area (Å²) in [6.45, 7) is 6.31. The van der Waals surface area contributed by atoms with Crippen LogP contribution in [0.2, 0.25) is 0 Å². The summed E-state index contributed by atoms with van der Waals surface area (Å²) in [6.07, 6.45) is 2.59. The van der Waals surface area contributed by atoms with Crippen molar-refractivity contribution in [1.82, 2.24) is 4.90 Å². The standard InChI is InChI=1S/C19H33B6NO3/c1-10(2)5-12-9-26-4-3-11-6-16(28-18(20,21)22)17(29-19(23,24)25)7-13(11)14(26)8-15(12)27/h6-7,10,12,14H,3-5,8-9,20-25H2,1-2H3/t12-,14-/m1/s1. The molecule has 1 fully saturated rings. The fraction of sp³-hybridized carbons (Fsp3) is 0.632. The van der Waals surface area contributed by atoms with Crippen LogP contribution >= 0.6 is 0 Å². The zero-order valence-corrected chi connectivity index (χ0v) is 19.6. The van der Waals surface area contributed by atoms with Crippen LogP contribution < -0.4 is 9.47 Å². The zero-order valence-electron chi connectivity index (χ0n) is 19.6. The predicted molar refractivity (Wildman–Crippen MR) is 135 cm³/mol. The van der Waals surface area contributed by atoms with E-state index in [1.807, 2.05) is 0 Å². The molecular formula is C19H33B6NO3. The largest absolute Gasteiger partial charge is 0.510 e. The Bertz CT molecular complexity index is 774. The van der Waals surface area contributed by atoms with Gasteiger partial charge in [0.25, 0.3) is 0 Å². The van der Waals surface area contributed by atoms with Gasteiger partial charge < -0.3 is 9.47 Å². The Hall–Kier alpha value is -1.16. The first-order chi connectivity index (χ1) is 13.3. The van der Waals surface area contributed by atoms with Crippen LogP contribution in [0.15, 0.2) is 12.1 Å². The van der Waals surface area contributed by atoms with Gasteiger partial charge in [-0.15, -0.1) is 0 Å². The first-order valence-electron chi connectivity index (χ1n) is 11.1. The van der Waals surface area contributed by atoms with E-state index in [1.165, 1.54) is 11.1 Å². The minimum atomic E-state index is -0.316. The molecule has 3 rings (SSSR count). The molecule has 1 saturated heterocycles. The summed E-state index contributed by atoms with van der Waals surface area (Å²) in [6, 6.07) is 4.47. The maximum atomic E-state index is 12.9. The van der Waals surface area contributed by atoms with Gasteiger partial charge >= 0.3 is 0 Å². The van der Waals surface area contributed by atoms with Gasteiger partial charge in [-0.25, -0.2) is 0 Å². The summed E-state index contributed by atoms with van der Waals surface area (Å²) in [7, 11) is 12.3. The maximum Gasteiger partial charge on any atom is 0.159 e. The van der Waals surface area contributed by atoms with Crippen molar-refractivity contribution < 1.29 is 14.3 Å². The van der Waals surface area contributed by atoms with Crippen LogP contribution in [0.1, 0.15) is 43.9 Å². The molecule has 10 heteroatoms. The number of benzene rings is 1. The molecule has 150 valence electrons. The highest BCUT2D eigenvalue weighted by Gasteiger charge is 2.39. The molecule has 0 aromatic heterocycles. The van der Waals surface area contributed by atoms with Crippen molar-refractivity contribution >= 4 is 52.9 Å². The molecule has 29 heavy (non-hydrogen) atoms. The number of nitrogens with zero attached hydrogens (tertiary/aromatic N) is 1. The van der Waals surface area contributed by atoms with Gasteiger partial charge in [0.05, 0.1) is 0 Å². The number of carbonyl (C=O) groups excluding carboxylic acids is 1. The average Bonchev–Trinajstić information content (AvgIpc) is 2.53. The molecule has 0 radical (unpaired) electrons. The lowest BCUT2D eigenvalue weighted by Crippen LogP contribution is -2.46. The second kappa shape index (κ2) is 8.17. The van der Waals surface area contributed by atoms with Crippen LogP contribution in [0.25, 0.3) is 0 Å². The number of Topliss-reactive ketones (excluding diaryl/α,β-unsaturated/α-hetero) is 1. The Morgan fingerprint density at radius 1 is 1.07 bits per heavy atom. The number of carbonyl (C=O) groups is 1. The average molecular weight is 388 g/mol. The quantitative estimate of drug-likeness (QED) is 0.487. The lowest BCUT2D eigenvalue weighted by molar-refractivity contribution is -0.129. The third-order valence-electron chi connectivity index (χ3n) is 5.57. The van der Waals surface area contributed by atoms with Crippen molar-refractivity contribution in [2.24, 2.45) is 11.8 Å². The van der Waals surface area contributed by atoms with E-state index in [1.54, 1.807) is 0 Å². The molecular weight excluding hydrogens is 355 g/mol. The van der Waals surface area contributed by atoms with Crippen LogP contribution in [0, 0.1) is 11.8 Å². The van der Waals surface area contributed by atoms with Gasteiger partial charge in [0.1, 0.15) is 52.9 Å². The molecule has 4 nitrogen and oxygen atoms in total. The number of ether oxygens (including phenoxy) is 2. The molecule has 2 heterocycles. The minimum Gasteiger partial charge on any atom is -0.510 e. The lowest BCUT2D eigenvalue weighted by atomic mass is 9.52. The van der Waals surface area contributed by atoms with Crippen LogP contribution in [0.4, 0.5) is 0 Å². The Morgan fingerprint density at radius 2 is 1.66 bits per heavy atom. The van der Waals surface area contributed by atoms with Crippen molar-refractivity contribution in [2.75, 3.05) is 13.1 Å². The molecule has 0 N–H and O–H groups in total. The summed E-state index contributed by atoms with van der Waals surface area (Å²) < 4.78 is 12.6. The van der Waals surface area contributed by atoms with Gasteiger partial charge in [-0.2, -0.15) is 0 Å². The fourth-order valence-corrected chi connectivity index (χ4v) is 4.56. The number of piperidine rings is 1. The summed E-state index contributed by atoms with van der Waals surface area (Å²) in [5, 5.41) is -0.612. The highest BCUT2D eigenvalue weighted by Crippen LogP contribution is 2.43. The predicted octanol–water partition coefficient (Wildman–Crippen LogP) is -3.00. The molecule has 2 aliphatic heterocycles. The van der Waals surface area contributed by atoms with Gasteiger partial charge in [0, 0.05) is 42.1 Å². The van der Waals surface area contributed by atoms with Gasteiger partial charge in [0.2, 0.25) is 0 Å². The summed E-state index contributed by atoms with van der Waals surface area (Å²) >= 11 is 0. The van der Waals surface area contributed by atoms with Gasteiger partial charge in [-0.05, 0) is 42.0 Å². The molecule has 1 aromatic carbocycles. The number of hydrogen-bond donors (Lipinski definition) is 0. The number of fused-ring (bicyclic) bond motifs is 3. The second-order valence-electron chi connectivity index (χ2n) is 11.2. The van der Waals surface area contributed by atoms with Crippen LogP contribution in [0.3, 0.4) is 0 Å². The molecule has 0 unspecified atom stereocenters. The third kappa shape index (κ3) is 5.71. The summed E-state index contributed by atoms with van der Waals surface area (Å²) in [4.78, 5) is 15.4. The van der Waals surface area contributed by atoms with Gasteiger partial charge in [-0.1, -0.05) is 13.8 Å². The van der Waals surface area contributed by atoms with Crippen molar-refractivity contribution in [3.63, 3.8) is 0 Å². The maximum absolute atomic E-state index is 12.9. The van der Waals surface area contributed by atoms with E-state index >= 15 is 0 Å². The fourth-order valence-electron chi connectivity index (χ4n) is 4.56. The highest BCUT2D eigenvalue weighted by atomic mass is 16.5. The van der Waals surface area contributed by atoms with Crippen molar-refractivity contribution in [1.29, 1.82) is 0 Å². The minimum absolute atomic E-state index is 0.167. The van der Waals surface area contributed by atoms with Gasteiger partial charge in [0.15, 0.2) is 11.5 Å². The molecule has 0 bridgehead atoms. The summed E-state index contributed by atoms with van der Waals surface area (Å²) in [5.41, 5.74) is 2.54. The summed E-state index contributed by atoms with van der Waals surface area (Å²) in [5.74, 6) is 2.74. The second-order valence-corrected chi connectivity index (χ2v) is 11.2. The number of rotatable bonds is 6. The van der Waals surface area contributed by atoms with Crippen LogP contribution in [-0.4, -0.2) is 81.4 Å². The van der Waals surface area contributed by atoms with E-state index < -0.39 is 0 Å². The van der Waals surface area contributed by atoms with Crippen molar-refractivity contribution in [3.05, 3.63) is 23.3 Å². The van der Waals surface area contributed by atoms with E-state index in [9.17, 15) is 4.79 Å². The first kappa shape index (κ1) is 22.5. The van der Waals surface area contributed by atoms with E-state index in [-0.39, 0.29) is 22.6 Å². The third-order valence-corrected chi connectivity index (χ3v) is 5.57. The Morgan fingerprint density at radius 3 is 2.21 bits per heavy atom. The molecule has 1 aromatic rings.